The van der Waals surface area contributed by atoms with Gasteiger partial charge in [-0.3, -0.25) is 4.98 Å². The van der Waals surface area contributed by atoms with Crippen LogP contribution < -0.4 is 0 Å². The van der Waals surface area contributed by atoms with Crippen LogP contribution in [0.3, 0.4) is 0 Å². The fourth-order valence-electron chi connectivity index (χ4n) is 9.24. The molecule has 0 saturated carbocycles. The van der Waals surface area contributed by atoms with Gasteiger partial charge in [0.05, 0.1) is 22.1 Å². The first-order valence-electron chi connectivity index (χ1n) is 19.6. The second-order valence-electron chi connectivity index (χ2n) is 15.1. The number of thioether (sulfide) groups is 1. The number of hydrogen-bond acceptors (Lipinski definition) is 2. The fraction of sp³-hybridized carbons (Fsp3) is 0.0377. The molecule has 1 atom stereocenters. The molecule has 3 nitrogen and oxygen atoms in total. The van der Waals surface area contributed by atoms with E-state index < -0.39 is 0 Å². The van der Waals surface area contributed by atoms with Gasteiger partial charge in [-0.05, 0) is 118 Å². The Kier molecular flexibility index (Phi) is 7.29. The minimum Gasteiger partial charge on any atom is -0.310 e. The Morgan fingerprint density at radius 1 is 0.474 bits per heavy atom. The lowest BCUT2D eigenvalue weighted by atomic mass is 9.96. The predicted molar refractivity (Wildman–Crippen MR) is 241 cm³/mol. The van der Waals surface area contributed by atoms with Gasteiger partial charge in [0.15, 0.2) is 0 Å². The smallest absolute Gasteiger partial charge is 0.0541 e. The molecule has 0 bridgehead atoms. The first-order valence-corrected chi connectivity index (χ1v) is 20.5. The van der Waals surface area contributed by atoms with Crippen LogP contribution in [0.5, 0.6) is 0 Å². The summed E-state index contributed by atoms with van der Waals surface area (Å²) in [6.07, 6.45) is 9.69. The summed E-state index contributed by atoms with van der Waals surface area (Å²) < 4.78 is 4.90. The Morgan fingerprint density at radius 2 is 1.09 bits per heavy atom. The molecule has 1 unspecified atom stereocenters. The standard InChI is InChI=1S/C53H35N3S/c1-2-11-34(12-3-1)38-27-39(37-13-10-26-54-33-37)29-41(28-38)56-49-18-8-5-15-43(49)46-31-36(21-24-51(46)56)35-20-23-50-45(30-35)42-14-4-7-17-48(42)55(50)40-22-25-53-47(32-40)44-16-6-9-19-52(44)57-53/h1-24,26-33,53H,25H2. The Balaban J connectivity index is 1.01. The van der Waals surface area contributed by atoms with Gasteiger partial charge < -0.3 is 9.13 Å². The first-order chi connectivity index (χ1) is 28.2. The topological polar surface area (TPSA) is 22.8 Å². The van der Waals surface area contributed by atoms with E-state index in [-0.39, 0.29) is 0 Å². The lowest BCUT2D eigenvalue weighted by Crippen LogP contribution is -2.07. The molecule has 7 aromatic carbocycles. The summed E-state index contributed by atoms with van der Waals surface area (Å²) in [6.45, 7) is 0. The van der Waals surface area contributed by atoms with Crippen molar-refractivity contribution in [3.05, 3.63) is 200 Å². The Morgan fingerprint density at radius 3 is 1.82 bits per heavy atom. The zero-order valence-corrected chi connectivity index (χ0v) is 31.8. The van der Waals surface area contributed by atoms with Gasteiger partial charge in [-0.15, -0.1) is 11.8 Å². The van der Waals surface area contributed by atoms with Crippen LogP contribution in [-0.4, -0.2) is 19.4 Å². The summed E-state index contributed by atoms with van der Waals surface area (Å²) in [5, 5.41) is 5.51. The zero-order chi connectivity index (χ0) is 37.5. The van der Waals surface area contributed by atoms with Gasteiger partial charge in [0.1, 0.15) is 0 Å². The molecule has 10 aromatic rings. The number of benzene rings is 7. The largest absolute Gasteiger partial charge is 0.310 e. The molecule has 0 spiro atoms. The monoisotopic (exact) mass is 745 g/mol. The van der Waals surface area contributed by atoms with Gasteiger partial charge in [-0.2, -0.15) is 0 Å². The van der Waals surface area contributed by atoms with Crippen molar-refractivity contribution in [2.24, 2.45) is 0 Å². The fourth-order valence-corrected chi connectivity index (χ4v) is 10.5. The third-order valence-corrected chi connectivity index (χ3v) is 13.2. The third-order valence-electron chi connectivity index (χ3n) is 11.9. The predicted octanol–water partition coefficient (Wildman–Crippen LogP) is 14.1. The summed E-state index contributed by atoms with van der Waals surface area (Å²) in [5.41, 5.74) is 17.1. The average molecular weight is 746 g/mol. The van der Waals surface area contributed by atoms with E-state index in [1.807, 2.05) is 30.2 Å². The summed E-state index contributed by atoms with van der Waals surface area (Å²) >= 11 is 2.00. The van der Waals surface area contributed by atoms with Crippen molar-refractivity contribution in [3.8, 4) is 39.1 Å². The van der Waals surface area contributed by atoms with Gasteiger partial charge in [-0.1, -0.05) is 109 Å². The van der Waals surface area contributed by atoms with Crippen molar-refractivity contribution in [2.45, 2.75) is 16.6 Å². The van der Waals surface area contributed by atoms with E-state index >= 15 is 0 Å². The number of allylic oxidation sites excluding steroid dienone is 3. The molecule has 1 aliphatic heterocycles. The maximum absolute atomic E-state index is 4.46. The minimum absolute atomic E-state index is 0.489. The average Bonchev–Trinajstić information content (AvgIpc) is 3.94. The molecule has 0 N–H and O–H groups in total. The van der Waals surface area contributed by atoms with Crippen molar-refractivity contribution in [1.29, 1.82) is 0 Å². The van der Waals surface area contributed by atoms with Crippen molar-refractivity contribution < 1.29 is 0 Å². The number of para-hydroxylation sites is 2. The van der Waals surface area contributed by atoms with E-state index in [0.29, 0.717) is 5.25 Å². The number of fused-ring (bicyclic) bond motifs is 9. The molecule has 12 rings (SSSR count). The number of rotatable bonds is 5. The summed E-state index contributed by atoms with van der Waals surface area (Å²) in [6, 6.07) is 62.3. The van der Waals surface area contributed by atoms with Gasteiger partial charge >= 0.3 is 0 Å². The zero-order valence-electron chi connectivity index (χ0n) is 31.0. The van der Waals surface area contributed by atoms with Gasteiger partial charge in [-0.25, -0.2) is 0 Å². The molecule has 3 aromatic heterocycles. The van der Waals surface area contributed by atoms with Gasteiger partial charge in [0.2, 0.25) is 0 Å². The van der Waals surface area contributed by atoms with Crippen molar-refractivity contribution in [1.82, 2.24) is 14.1 Å². The maximum Gasteiger partial charge on any atom is 0.0541 e. The Bertz CT molecular complexity index is 3240. The molecule has 1 aliphatic carbocycles. The second-order valence-corrected chi connectivity index (χ2v) is 16.4. The molecule has 0 fully saturated rings. The third kappa shape index (κ3) is 5.18. The molecule has 4 heteroatoms. The Labute approximate surface area is 334 Å². The highest BCUT2D eigenvalue weighted by atomic mass is 32.2. The number of pyridine rings is 1. The maximum atomic E-state index is 4.46. The van der Waals surface area contributed by atoms with Crippen molar-refractivity contribution in [2.75, 3.05) is 0 Å². The number of aromatic nitrogens is 3. The van der Waals surface area contributed by atoms with Crippen molar-refractivity contribution >= 4 is 66.6 Å². The summed E-state index contributed by atoms with van der Waals surface area (Å²) in [4.78, 5) is 5.85. The van der Waals surface area contributed by atoms with Crippen LogP contribution in [-0.2, 0) is 0 Å². The van der Waals surface area contributed by atoms with Crippen LogP contribution in [0.15, 0.2) is 199 Å². The van der Waals surface area contributed by atoms with Crippen LogP contribution in [0.2, 0.25) is 0 Å². The molecule has 0 amide bonds. The normalized spacial score (nSPS) is 14.9. The van der Waals surface area contributed by atoms with Crippen LogP contribution in [0.25, 0.3) is 93.9 Å². The quantitative estimate of drug-likeness (QED) is 0.175. The highest BCUT2D eigenvalue weighted by Gasteiger charge is 2.30. The number of hydrogen-bond donors (Lipinski definition) is 0. The van der Waals surface area contributed by atoms with E-state index in [2.05, 4.69) is 190 Å². The highest BCUT2D eigenvalue weighted by molar-refractivity contribution is 8.00. The molecular formula is C53H35N3S. The summed E-state index contributed by atoms with van der Waals surface area (Å²) in [5.74, 6) is 0. The molecule has 268 valence electrons. The highest BCUT2D eigenvalue weighted by Crippen LogP contribution is 2.50. The van der Waals surface area contributed by atoms with Gasteiger partial charge in [0, 0.05) is 61.0 Å². The van der Waals surface area contributed by atoms with E-state index in [4.69, 9.17) is 0 Å². The molecule has 57 heavy (non-hydrogen) atoms. The van der Waals surface area contributed by atoms with E-state index in [1.54, 1.807) is 0 Å². The molecule has 4 heterocycles. The van der Waals surface area contributed by atoms with Crippen LogP contribution >= 0.6 is 11.8 Å². The van der Waals surface area contributed by atoms with E-state index in [1.165, 1.54) is 87.6 Å². The van der Waals surface area contributed by atoms with Crippen LogP contribution in [0.1, 0.15) is 12.0 Å². The van der Waals surface area contributed by atoms with Gasteiger partial charge in [0.25, 0.3) is 0 Å². The lowest BCUT2D eigenvalue weighted by Gasteiger charge is -2.19. The molecular weight excluding hydrogens is 711 g/mol. The summed E-state index contributed by atoms with van der Waals surface area (Å²) in [7, 11) is 0. The SMILES string of the molecule is C1=C2c3ccccc3SC2CC=C1n1c2ccccc2c2cc(-c3ccc4c(c3)c3ccccc3n4-c3cc(-c4ccccc4)cc(-c4cccnc4)c3)ccc21. The second kappa shape index (κ2) is 12.8. The molecule has 2 aliphatic rings. The van der Waals surface area contributed by atoms with Crippen molar-refractivity contribution in [3.63, 3.8) is 0 Å². The lowest BCUT2D eigenvalue weighted by molar-refractivity contribution is 1.06. The number of nitrogens with zero attached hydrogens (tertiary/aromatic N) is 3. The minimum atomic E-state index is 0.489. The first kappa shape index (κ1) is 32.4. The Hall–Kier alpha value is -6.88. The van der Waals surface area contributed by atoms with E-state index in [0.717, 1.165) is 23.2 Å². The van der Waals surface area contributed by atoms with E-state index in [9.17, 15) is 0 Å². The molecule has 0 saturated heterocycles. The van der Waals surface area contributed by atoms with Crippen LogP contribution in [0, 0.1) is 0 Å². The van der Waals surface area contributed by atoms with Crippen LogP contribution in [0.4, 0.5) is 0 Å². The molecule has 0 radical (unpaired) electrons.